The van der Waals surface area contributed by atoms with Crippen LogP contribution in [0.5, 0.6) is 0 Å². The number of esters is 1. The van der Waals surface area contributed by atoms with Crippen LogP contribution in [0.1, 0.15) is 38.8 Å². The first-order valence-electron chi connectivity index (χ1n) is 7.76. The number of amides is 2. The van der Waals surface area contributed by atoms with Gasteiger partial charge in [-0.05, 0) is 30.3 Å². The molecular weight excluding hydrogens is 356 g/mol. The van der Waals surface area contributed by atoms with Crippen LogP contribution in [0.2, 0.25) is 0 Å². The Hall–Kier alpha value is -3.00. The summed E-state index contributed by atoms with van der Waals surface area (Å²) in [4.78, 5) is 47.4. The van der Waals surface area contributed by atoms with Gasteiger partial charge in [-0.1, -0.05) is 6.07 Å². The monoisotopic (exact) mass is 374 g/mol. The van der Waals surface area contributed by atoms with Crippen molar-refractivity contribution >= 4 is 40.6 Å². The third-order valence-electron chi connectivity index (χ3n) is 3.20. The van der Waals surface area contributed by atoms with Gasteiger partial charge in [0, 0.05) is 24.4 Å². The fourth-order valence-electron chi connectivity index (χ4n) is 2.05. The van der Waals surface area contributed by atoms with Gasteiger partial charge in [-0.2, -0.15) is 0 Å². The number of ketones is 1. The Balaban J connectivity index is 1.91. The van der Waals surface area contributed by atoms with Gasteiger partial charge in [0.2, 0.25) is 17.6 Å². The molecule has 0 radical (unpaired) electrons. The van der Waals surface area contributed by atoms with Crippen LogP contribution in [0.25, 0.3) is 0 Å². The van der Waals surface area contributed by atoms with Crippen molar-refractivity contribution < 1.29 is 23.9 Å². The number of ether oxygens (including phenoxy) is 1. The van der Waals surface area contributed by atoms with Crippen molar-refractivity contribution in [3.05, 3.63) is 51.7 Å². The molecule has 1 aromatic carbocycles. The van der Waals surface area contributed by atoms with Crippen LogP contribution >= 0.6 is 11.3 Å². The van der Waals surface area contributed by atoms with E-state index in [1.54, 1.807) is 24.3 Å². The summed E-state index contributed by atoms with van der Waals surface area (Å²) in [5.74, 6) is -1.38. The number of carbonyl (C=O) groups is 4. The van der Waals surface area contributed by atoms with Crippen LogP contribution in [0.3, 0.4) is 0 Å². The van der Waals surface area contributed by atoms with Gasteiger partial charge in [0.15, 0.2) is 6.61 Å². The molecule has 8 heteroatoms. The Morgan fingerprint density at radius 3 is 2.50 bits per heavy atom. The number of Topliss-reactive ketones (excluding diaryl/α,β-unsaturated/α-hetero) is 1. The molecule has 0 saturated carbocycles. The second-order valence-corrected chi connectivity index (χ2v) is 6.61. The number of nitrogens with one attached hydrogen (secondary N) is 2. The SMILES string of the molecule is CC(=O)NCc1ccc(C(=O)COC(=O)c2cccc(NC(C)=O)c2)s1. The first-order valence-corrected chi connectivity index (χ1v) is 8.58. The fraction of sp³-hybridized carbons (Fsp3) is 0.222. The molecule has 2 N–H and O–H groups in total. The van der Waals surface area contributed by atoms with Crippen molar-refractivity contribution in [1.82, 2.24) is 5.32 Å². The van der Waals surface area contributed by atoms with Gasteiger partial charge in [-0.25, -0.2) is 4.79 Å². The number of benzene rings is 1. The molecule has 0 unspecified atom stereocenters. The van der Waals surface area contributed by atoms with E-state index in [1.165, 1.54) is 37.3 Å². The molecule has 0 bridgehead atoms. The van der Waals surface area contributed by atoms with Gasteiger partial charge in [0.05, 0.1) is 17.0 Å². The maximum absolute atomic E-state index is 12.1. The highest BCUT2D eigenvalue weighted by Gasteiger charge is 2.14. The summed E-state index contributed by atoms with van der Waals surface area (Å²) in [6, 6.07) is 9.64. The van der Waals surface area contributed by atoms with Crippen molar-refractivity contribution in [1.29, 1.82) is 0 Å². The highest BCUT2D eigenvalue weighted by atomic mass is 32.1. The highest BCUT2D eigenvalue weighted by Crippen LogP contribution is 2.17. The lowest BCUT2D eigenvalue weighted by molar-refractivity contribution is -0.119. The molecule has 26 heavy (non-hydrogen) atoms. The number of carbonyl (C=O) groups excluding carboxylic acids is 4. The Morgan fingerprint density at radius 1 is 1.04 bits per heavy atom. The molecule has 0 aliphatic rings. The predicted octanol–water partition coefficient (Wildman–Crippen LogP) is 2.38. The minimum atomic E-state index is -0.652. The van der Waals surface area contributed by atoms with E-state index in [2.05, 4.69) is 10.6 Å². The third-order valence-corrected chi connectivity index (χ3v) is 4.33. The van der Waals surface area contributed by atoms with E-state index in [0.717, 1.165) is 4.88 Å². The molecule has 1 heterocycles. The summed E-state index contributed by atoms with van der Waals surface area (Å²) >= 11 is 1.24. The average molecular weight is 374 g/mol. The van der Waals surface area contributed by atoms with Gasteiger partial charge in [-0.15, -0.1) is 11.3 Å². The van der Waals surface area contributed by atoms with Crippen LogP contribution in [0.4, 0.5) is 5.69 Å². The molecule has 0 atom stereocenters. The zero-order chi connectivity index (χ0) is 19.1. The molecule has 0 aliphatic carbocycles. The Labute approximate surface area is 154 Å². The maximum Gasteiger partial charge on any atom is 0.338 e. The Bertz CT molecular complexity index is 844. The van der Waals surface area contributed by atoms with Crippen LogP contribution < -0.4 is 10.6 Å². The fourth-order valence-corrected chi connectivity index (χ4v) is 2.92. The largest absolute Gasteiger partial charge is 0.454 e. The molecule has 0 fully saturated rings. The van der Waals surface area contributed by atoms with Crippen molar-refractivity contribution in [3.8, 4) is 0 Å². The summed E-state index contributed by atoms with van der Waals surface area (Å²) in [5, 5.41) is 5.22. The van der Waals surface area contributed by atoms with Gasteiger partial charge in [-0.3, -0.25) is 14.4 Å². The predicted molar refractivity (Wildman–Crippen MR) is 97.2 cm³/mol. The van der Waals surface area contributed by atoms with Crippen molar-refractivity contribution in [2.75, 3.05) is 11.9 Å². The zero-order valence-electron chi connectivity index (χ0n) is 14.3. The molecule has 1 aromatic heterocycles. The summed E-state index contributed by atoms with van der Waals surface area (Å²) in [7, 11) is 0. The lowest BCUT2D eigenvalue weighted by atomic mass is 10.2. The highest BCUT2D eigenvalue weighted by molar-refractivity contribution is 7.14. The van der Waals surface area contributed by atoms with E-state index in [0.29, 0.717) is 17.1 Å². The van der Waals surface area contributed by atoms with Gasteiger partial charge < -0.3 is 15.4 Å². The summed E-state index contributed by atoms with van der Waals surface area (Å²) in [5.41, 5.74) is 0.709. The second kappa shape index (κ2) is 8.91. The smallest absolute Gasteiger partial charge is 0.338 e. The third kappa shape index (κ3) is 5.82. The molecule has 2 rings (SSSR count). The number of hydrogen-bond acceptors (Lipinski definition) is 6. The second-order valence-electron chi connectivity index (χ2n) is 5.44. The van der Waals surface area contributed by atoms with E-state index in [-0.39, 0.29) is 29.8 Å². The van der Waals surface area contributed by atoms with Gasteiger partial charge in [0.1, 0.15) is 0 Å². The standard InChI is InChI=1S/C18H18N2O5S/c1-11(21)19-9-15-6-7-17(26-15)16(23)10-25-18(24)13-4-3-5-14(8-13)20-12(2)22/h3-8H,9-10H2,1-2H3,(H,19,21)(H,20,22). The molecule has 136 valence electrons. The Kier molecular flexibility index (Phi) is 6.62. The minimum absolute atomic E-state index is 0.151. The molecular formula is C18H18N2O5S. The van der Waals surface area contributed by atoms with E-state index in [4.69, 9.17) is 4.74 Å². The number of anilines is 1. The molecule has 0 spiro atoms. The summed E-state index contributed by atoms with van der Waals surface area (Å²) < 4.78 is 5.05. The van der Waals surface area contributed by atoms with Crippen molar-refractivity contribution in [2.45, 2.75) is 20.4 Å². The van der Waals surface area contributed by atoms with Crippen LogP contribution in [-0.4, -0.2) is 30.2 Å². The molecule has 0 aliphatic heterocycles. The first kappa shape index (κ1) is 19.3. The number of hydrogen-bond donors (Lipinski definition) is 2. The topological polar surface area (TPSA) is 102 Å². The lowest BCUT2D eigenvalue weighted by Gasteiger charge is -2.06. The molecule has 2 amide bonds. The maximum atomic E-state index is 12.1. The Morgan fingerprint density at radius 2 is 1.81 bits per heavy atom. The van der Waals surface area contributed by atoms with E-state index in [1.807, 2.05) is 0 Å². The van der Waals surface area contributed by atoms with E-state index < -0.39 is 5.97 Å². The number of thiophene rings is 1. The van der Waals surface area contributed by atoms with Crippen LogP contribution in [0, 0.1) is 0 Å². The van der Waals surface area contributed by atoms with Crippen LogP contribution in [0.15, 0.2) is 36.4 Å². The zero-order valence-corrected chi connectivity index (χ0v) is 15.1. The first-order chi connectivity index (χ1) is 12.3. The molecule has 2 aromatic rings. The normalized spacial score (nSPS) is 10.1. The van der Waals surface area contributed by atoms with Crippen molar-refractivity contribution in [3.63, 3.8) is 0 Å². The quantitative estimate of drug-likeness (QED) is 0.572. The molecule has 0 saturated heterocycles. The van der Waals surface area contributed by atoms with Crippen molar-refractivity contribution in [2.24, 2.45) is 0 Å². The molecule has 7 nitrogen and oxygen atoms in total. The summed E-state index contributed by atoms with van der Waals surface area (Å²) in [6.07, 6.45) is 0. The van der Waals surface area contributed by atoms with Gasteiger partial charge in [0.25, 0.3) is 0 Å². The number of rotatable bonds is 7. The van der Waals surface area contributed by atoms with E-state index in [9.17, 15) is 19.2 Å². The summed E-state index contributed by atoms with van der Waals surface area (Å²) in [6.45, 7) is 2.75. The van der Waals surface area contributed by atoms with E-state index >= 15 is 0 Å². The lowest BCUT2D eigenvalue weighted by Crippen LogP contribution is -2.18. The van der Waals surface area contributed by atoms with Crippen LogP contribution in [-0.2, 0) is 20.9 Å². The average Bonchev–Trinajstić information content (AvgIpc) is 3.06. The van der Waals surface area contributed by atoms with Gasteiger partial charge >= 0.3 is 5.97 Å². The minimum Gasteiger partial charge on any atom is -0.454 e.